The van der Waals surface area contributed by atoms with Crippen LogP contribution in [0.4, 0.5) is 5.69 Å². The number of amides is 1. The molecule has 9 heteroatoms. The molecule has 2 rings (SSSR count). The molecule has 0 bridgehead atoms. The first-order valence-electron chi connectivity index (χ1n) is 9.33. The van der Waals surface area contributed by atoms with Crippen LogP contribution in [0, 0.1) is 6.92 Å². The van der Waals surface area contributed by atoms with Crippen LogP contribution in [-0.4, -0.2) is 46.6 Å². The standard InChI is InChI=1S/C21H26N2O6S/c1-15(2)22-20(24)13-29-21(25)14-28-18-9-7-17(8-10-18)23(4)30(26,27)19-11-5-16(3)6-12-19/h5-12,15H,13-14H2,1-4H3,(H,22,24). The second kappa shape index (κ2) is 10.1. The number of aryl methyl sites for hydroxylation is 1. The summed E-state index contributed by atoms with van der Waals surface area (Å²) < 4.78 is 36.8. The van der Waals surface area contributed by atoms with Crippen molar-refractivity contribution in [2.45, 2.75) is 31.7 Å². The number of sulfonamides is 1. The maximum Gasteiger partial charge on any atom is 0.344 e. The van der Waals surface area contributed by atoms with E-state index < -0.39 is 16.0 Å². The Morgan fingerprint density at radius 3 is 2.17 bits per heavy atom. The van der Waals surface area contributed by atoms with E-state index in [-0.39, 0.29) is 30.1 Å². The zero-order valence-corrected chi connectivity index (χ0v) is 18.2. The van der Waals surface area contributed by atoms with Gasteiger partial charge in [-0.1, -0.05) is 17.7 Å². The maximum atomic E-state index is 12.7. The van der Waals surface area contributed by atoms with Gasteiger partial charge in [0.2, 0.25) is 0 Å². The van der Waals surface area contributed by atoms with Gasteiger partial charge in [0, 0.05) is 13.1 Å². The molecule has 0 saturated heterocycles. The summed E-state index contributed by atoms with van der Waals surface area (Å²) in [5.41, 5.74) is 1.41. The third-order valence-electron chi connectivity index (χ3n) is 4.05. The van der Waals surface area contributed by atoms with E-state index >= 15 is 0 Å². The number of nitrogens with zero attached hydrogens (tertiary/aromatic N) is 1. The summed E-state index contributed by atoms with van der Waals surface area (Å²) in [6.45, 7) is 4.74. The van der Waals surface area contributed by atoms with Gasteiger partial charge in [0.05, 0.1) is 10.6 Å². The summed E-state index contributed by atoms with van der Waals surface area (Å²) in [6.07, 6.45) is 0. The minimum atomic E-state index is -3.69. The molecule has 0 fully saturated rings. The highest BCUT2D eigenvalue weighted by atomic mass is 32.2. The zero-order valence-electron chi connectivity index (χ0n) is 17.4. The molecule has 0 aliphatic heterocycles. The average Bonchev–Trinajstić information content (AvgIpc) is 2.70. The Labute approximate surface area is 176 Å². The third kappa shape index (κ3) is 6.48. The van der Waals surface area contributed by atoms with Gasteiger partial charge >= 0.3 is 5.97 Å². The molecule has 162 valence electrons. The number of nitrogens with one attached hydrogen (secondary N) is 1. The van der Waals surface area contributed by atoms with Crippen molar-refractivity contribution in [1.29, 1.82) is 0 Å². The lowest BCUT2D eigenvalue weighted by Gasteiger charge is -2.20. The summed E-state index contributed by atoms with van der Waals surface area (Å²) in [5.74, 6) is -0.707. The van der Waals surface area contributed by atoms with Crippen LogP contribution in [0.15, 0.2) is 53.4 Å². The predicted octanol–water partition coefficient (Wildman–Crippen LogP) is 2.27. The first kappa shape index (κ1) is 23.2. The normalized spacial score (nSPS) is 11.1. The molecule has 0 heterocycles. The van der Waals surface area contributed by atoms with Crippen LogP contribution >= 0.6 is 0 Å². The molecule has 0 atom stereocenters. The largest absolute Gasteiger partial charge is 0.482 e. The van der Waals surface area contributed by atoms with Gasteiger partial charge < -0.3 is 14.8 Å². The van der Waals surface area contributed by atoms with E-state index in [0.717, 1.165) is 5.56 Å². The van der Waals surface area contributed by atoms with Crippen molar-refractivity contribution >= 4 is 27.6 Å². The van der Waals surface area contributed by atoms with Gasteiger partial charge in [-0.3, -0.25) is 9.10 Å². The summed E-state index contributed by atoms with van der Waals surface area (Å²) in [4.78, 5) is 23.3. The molecule has 1 N–H and O–H groups in total. The van der Waals surface area contributed by atoms with Crippen LogP contribution in [0.3, 0.4) is 0 Å². The van der Waals surface area contributed by atoms with Crippen LogP contribution < -0.4 is 14.4 Å². The minimum Gasteiger partial charge on any atom is -0.482 e. The molecule has 0 saturated carbocycles. The number of rotatable bonds is 9. The van der Waals surface area contributed by atoms with E-state index in [1.165, 1.54) is 11.4 Å². The highest BCUT2D eigenvalue weighted by Gasteiger charge is 2.21. The monoisotopic (exact) mass is 434 g/mol. The Morgan fingerprint density at radius 2 is 1.60 bits per heavy atom. The van der Waals surface area contributed by atoms with Gasteiger partial charge in [-0.2, -0.15) is 0 Å². The number of hydrogen-bond acceptors (Lipinski definition) is 6. The second-order valence-corrected chi connectivity index (χ2v) is 8.92. The second-order valence-electron chi connectivity index (χ2n) is 6.95. The number of carbonyl (C=O) groups excluding carboxylic acids is 2. The molecule has 0 radical (unpaired) electrons. The fourth-order valence-electron chi connectivity index (χ4n) is 2.45. The minimum absolute atomic E-state index is 0.0427. The van der Waals surface area contributed by atoms with Crippen molar-refractivity contribution < 1.29 is 27.5 Å². The molecule has 0 spiro atoms. The Hall–Kier alpha value is -3.07. The molecule has 30 heavy (non-hydrogen) atoms. The van der Waals surface area contributed by atoms with Gasteiger partial charge in [-0.05, 0) is 57.2 Å². The van der Waals surface area contributed by atoms with Crippen LogP contribution in [-0.2, 0) is 24.3 Å². The molecular formula is C21H26N2O6S. The molecule has 1 amide bonds. The number of ether oxygens (including phenoxy) is 2. The fourth-order valence-corrected chi connectivity index (χ4v) is 3.65. The zero-order chi connectivity index (χ0) is 22.3. The van der Waals surface area contributed by atoms with Crippen LogP contribution in [0.2, 0.25) is 0 Å². The first-order chi connectivity index (χ1) is 14.1. The van der Waals surface area contributed by atoms with Gasteiger partial charge in [-0.25, -0.2) is 13.2 Å². The number of benzene rings is 2. The van der Waals surface area contributed by atoms with E-state index in [2.05, 4.69) is 5.32 Å². The molecule has 0 aliphatic carbocycles. The van der Waals surface area contributed by atoms with Crippen molar-refractivity contribution in [3.63, 3.8) is 0 Å². The van der Waals surface area contributed by atoms with Gasteiger partial charge in [-0.15, -0.1) is 0 Å². The first-order valence-corrected chi connectivity index (χ1v) is 10.8. The summed E-state index contributed by atoms with van der Waals surface area (Å²) in [5, 5.41) is 2.60. The van der Waals surface area contributed by atoms with E-state index in [9.17, 15) is 18.0 Å². The van der Waals surface area contributed by atoms with Crippen molar-refractivity contribution in [2.24, 2.45) is 0 Å². The SMILES string of the molecule is Cc1ccc(S(=O)(=O)N(C)c2ccc(OCC(=O)OCC(=O)NC(C)C)cc2)cc1. The number of anilines is 1. The van der Waals surface area contributed by atoms with Gasteiger partial charge in [0.25, 0.3) is 15.9 Å². The molecule has 0 aromatic heterocycles. The summed E-state index contributed by atoms with van der Waals surface area (Å²) >= 11 is 0. The molecule has 0 aliphatic rings. The van der Waals surface area contributed by atoms with Crippen molar-refractivity contribution in [2.75, 3.05) is 24.6 Å². The van der Waals surface area contributed by atoms with Crippen molar-refractivity contribution in [3.05, 3.63) is 54.1 Å². The number of carbonyl (C=O) groups is 2. The van der Waals surface area contributed by atoms with E-state index in [4.69, 9.17) is 9.47 Å². The maximum absolute atomic E-state index is 12.7. The van der Waals surface area contributed by atoms with E-state index in [1.807, 2.05) is 6.92 Å². The molecule has 8 nitrogen and oxygen atoms in total. The van der Waals surface area contributed by atoms with E-state index in [1.54, 1.807) is 62.4 Å². The van der Waals surface area contributed by atoms with Crippen LogP contribution in [0.5, 0.6) is 5.75 Å². The number of esters is 1. The highest BCUT2D eigenvalue weighted by molar-refractivity contribution is 7.92. The Balaban J connectivity index is 1.92. The Bertz CT molecular complexity index is 970. The highest BCUT2D eigenvalue weighted by Crippen LogP contribution is 2.24. The molecule has 2 aromatic rings. The lowest BCUT2D eigenvalue weighted by atomic mass is 10.2. The lowest BCUT2D eigenvalue weighted by Crippen LogP contribution is -2.34. The van der Waals surface area contributed by atoms with Gasteiger partial charge in [0.1, 0.15) is 5.75 Å². The smallest absolute Gasteiger partial charge is 0.344 e. The summed E-state index contributed by atoms with van der Waals surface area (Å²) in [7, 11) is -2.23. The predicted molar refractivity (Wildman–Crippen MR) is 113 cm³/mol. The molecule has 2 aromatic carbocycles. The summed E-state index contributed by atoms with van der Waals surface area (Å²) in [6, 6.07) is 12.8. The van der Waals surface area contributed by atoms with Gasteiger partial charge in [0.15, 0.2) is 13.2 Å². The van der Waals surface area contributed by atoms with Crippen molar-refractivity contribution in [3.8, 4) is 5.75 Å². The number of hydrogen-bond donors (Lipinski definition) is 1. The molecule has 0 unspecified atom stereocenters. The Morgan fingerprint density at radius 1 is 1.00 bits per heavy atom. The molecular weight excluding hydrogens is 408 g/mol. The van der Waals surface area contributed by atoms with E-state index in [0.29, 0.717) is 11.4 Å². The lowest BCUT2D eigenvalue weighted by molar-refractivity contribution is -0.150. The fraction of sp³-hybridized carbons (Fsp3) is 0.333. The van der Waals surface area contributed by atoms with Crippen molar-refractivity contribution in [1.82, 2.24) is 5.32 Å². The Kier molecular flexibility index (Phi) is 7.82. The average molecular weight is 435 g/mol. The topological polar surface area (TPSA) is 102 Å². The third-order valence-corrected chi connectivity index (χ3v) is 5.85. The quantitative estimate of drug-likeness (QED) is 0.608. The van der Waals surface area contributed by atoms with Crippen LogP contribution in [0.25, 0.3) is 0 Å². The van der Waals surface area contributed by atoms with Crippen LogP contribution in [0.1, 0.15) is 19.4 Å².